The van der Waals surface area contributed by atoms with Crippen molar-refractivity contribution >= 4 is 91.1 Å². The second-order valence-electron chi connectivity index (χ2n) is 21.9. The van der Waals surface area contributed by atoms with E-state index in [1.165, 1.54) is 54.4 Å². The quantitative estimate of drug-likeness (QED) is 0.0295. The fourth-order valence-electron chi connectivity index (χ4n) is 10.3. The van der Waals surface area contributed by atoms with Crippen LogP contribution in [0.15, 0.2) is 90.4 Å². The van der Waals surface area contributed by atoms with Gasteiger partial charge in [-0.1, -0.05) is 56.7 Å². The van der Waals surface area contributed by atoms with Gasteiger partial charge in [0.05, 0.1) is 25.5 Å². The number of imidazole rings is 1. The molecule has 9 rings (SSSR count). The van der Waals surface area contributed by atoms with Crippen molar-refractivity contribution in [1.82, 2.24) is 49.9 Å². The Kier molecular flexibility index (Phi) is 21.9. The molecule has 1 saturated carbocycles. The number of amides is 7. The van der Waals surface area contributed by atoms with E-state index in [1.807, 2.05) is 0 Å². The standard InChI is InChI=1S/C56H66N12O18P2S/c1-31(2)46(62-41(69)12-6-5-9-21-67-44(71)17-18-45(67)72)52(75)60-32(3)51(74)61-37-15-13-33(14-16-37)26-80-56(77)66(4)25-35-11-8-7-10-34(35)23-42(70)63-55-64-50-47(53(76)65-55)59-30-68(50)54-49-48(73)40(84-54)28-82-88(79,89)86-39-24-38(83-43-19-20-57-29-58-43)22-36(39)27-81-87(78)85-49/h7-8,10-11,13-20,29-32,36,38-40,46,48-49,54,73H,5-6,9,12,21-28H2,1-4H3,(H5-,60,61,62,63,64,65,69,70,74,75,76,79,89)/p+1/t32-,36+,38+,39-,40+,46?,48+,49+,54+,88?/m0/s1. The minimum Gasteiger partial charge on any atom is -0.474 e. The van der Waals surface area contributed by atoms with Gasteiger partial charge in [0.25, 0.3) is 17.4 Å². The number of aromatic nitrogens is 6. The Morgan fingerprint density at radius 2 is 1.66 bits per heavy atom. The molecule has 0 radical (unpaired) electrons. The van der Waals surface area contributed by atoms with Gasteiger partial charge < -0.3 is 54.1 Å². The molecular formula is C56H67N12O18P2S+. The molecule has 2 saturated heterocycles. The third-order valence-electron chi connectivity index (χ3n) is 15.0. The summed E-state index contributed by atoms with van der Waals surface area (Å²) in [6.45, 7) is 0.500. The van der Waals surface area contributed by atoms with Crippen LogP contribution in [0.1, 0.15) is 82.2 Å². The Bertz CT molecular complexity index is 3560. The zero-order valence-electron chi connectivity index (χ0n) is 48.7. The van der Waals surface area contributed by atoms with Crippen LogP contribution in [0.5, 0.6) is 5.88 Å². The van der Waals surface area contributed by atoms with E-state index in [0.29, 0.717) is 53.9 Å². The SMILES string of the molecule is CC(C)C(NC(=O)CCCCCN1C(=O)C=CC1=O)C(=O)N[C@@H](C)C(=O)Nc1ccc(COC(=O)N(C)Cc2ccccc2CC(=O)Nc2nc3c(ncn3[C@@H]3O[C@@H]4COP(O)(=S)O[C@H]5C[C@H](Oc6ccncn6)C[C@@H]5CO[P+](=O)O[C@@H]3[C@@H]4O)c(=O)[nH]2)cc1. The molecule has 474 valence electrons. The number of ether oxygens (including phenoxy) is 3. The fraction of sp³-hybridized carbons (Fsp3) is 0.464. The van der Waals surface area contributed by atoms with Crippen LogP contribution >= 0.6 is 15.0 Å². The number of unbranched alkanes of at least 4 members (excludes halogenated alkanes) is 2. The van der Waals surface area contributed by atoms with Crippen LogP contribution in [-0.4, -0.2) is 160 Å². The molecule has 89 heavy (non-hydrogen) atoms. The van der Waals surface area contributed by atoms with Crippen LogP contribution in [0.2, 0.25) is 0 Å². The number of H-pyrrole nitrogens is 1. The molecule has 2 bridgehead atoms. The van der Waals surface area contributed by atoms with E-state index in [4.69, 9.17) is 44.1 Å². The number of hydrogen-bond acceptors (Lipinski definition) is 22. The third kappa shape index (κ3) is 17.3. The van der Waals surface area contributed by atoms with Gasteiger partial charge in [-0.2, -0.15) is 4.98 Å². The number of aromatic amines is 1. The summed E-state index contributed by atoms with van der Waals surface area (Å²) in [6.07, 6.45) is 1.06. The van der Waals surface area contributed by atoms with Crippen LogP contribution in [0, 0.1) is 11.8 Å². The first-order chi connectivity index (χ1) is 42.6. The highest BCUT2D eigenvalue weighted by molar-refractivity contribution is 8.07. The highest BCUT2D eigenvalue weighted by Gasteiger charge is 2.53. The minimum atomic E-state index is -4.00. The van der Waals surface area contributed by atoms with Crippen molar-refractivity contribution in [2.24, 2.45) is 11.8 Å². The summed E-state index contributed by atoms with van der Waals surface area (Å²) < 4.78 is 55.5. The molecule has 3 aliphatic heterocycles. The maximum atomic E-state index is 13.7. The predicted octanol–water partition coefficient (Wildman–Crippen LogP) is 3.74. The van der Waals surface area contributed by atoms with Gasteiger partial charge in [-0.3, -0.25) is 53.3 Å². The van der Waals surface area contributed by atoms with Crippen LogP contribution < -0.4 is 31.6 Å². The maximum Gasteiger partial charge on any atom is 0.697 e. The molecule has 33 heteroatoms. The number of anilines is 2. The lowest BCUT2D eigenvalue weighted by Crippen LogP contribution is -2.53. The number of rotatable bonds is 22. The van der Waals surface area contributed by atoms with Crippen molar-refractivity contribution in [3.05, 3.63) is 113 Å². The zero-order chi connectivity index (χ0) is 63.5. The van der Waals surface area contributed by atoms with Crippen molar-refractivity contribution in [3.8, 4) is 5.88 Å². The zero-order valence-corrected chi connectivity index (χ0v) is 51.3. The van der Waals surface area contributed by atoms with E-state index in [1.54, 1.807) is 68.4 Å². The normalized spacial score (nSPS) is 23.8. The number of benzene rings is 2. The molecule has 11 atom stereocenters. The Balaban J connectivity index is 0.741. The van der Waals surface area contributed by atoms with Gasteiger partial charge in [0.15, 0.2) is 23.5 Å². The number of fused-ring (bicyclic) bond motifs is 4. The van der Waals surface area contributed by atoms with Crippen LogP contribution in [0.25, 0.3) is 11.2 Å². The van der Waals surface area contributed by atoms with Gasteiger partial charge >= 0.3 is 21.1 Å². The predicted molar refractivity (Wildman–Crippen MR) is 317 cm³/mol. The average Bonchev–Trinajstić information content (AvgIpc) is 1.84. The molecule has 6 heterocycles. The number of nitrogens with one attached hydrogen (secondary N) is 5. The minimum absolute atomic E-state index is 0.0284. The molecule has 0 spiro atoms. The smallest absolute Gasteiger partial charge is 0.474 e. The van der Waals surface area contributed by atoms with Crippen molar-refractivity contribution in [2.45, 2.75) is 128 Å². The first-order valence-corrected chi connectivity index (χ1v) is 32.2. The number of carbonyl (C=O) groups is 7. The Hall–Kier alpha value is -7.83. The first-order valence-electron chi connectivity index (χ1n) is 28.5. The molecule has 2 aromatic carbocycles. The van der Waals surface area contributed by atoms with E-state index < -0.39 is 106 Å². The fourth-order valence-corrected chi connectivity index (χ4v) is 12.6. The van der Waals surface area contributed by atoms with Crippen molar-refractivity contribution < 1.29 is 80.4 Å². The Labute approximate surface area is 515 Å². The number of carbonyl (C=O) groups excluding carboxylic acids is 7. The second kappa shape index (κ2) is 29.7. The molecule has 4 aliphatic rings. The second-order valence-corrected chi connectivity index (χ2v) is 25.6. The highest BCUT2D eigenvalue weighted by atomic mass is 32.5. The molecule has 1 aliphatic carbocycles. The molecule has 30 nitrogen and oxygen atoms in total. The van der Waals surface area contributed by atoms with Crippen molar-refractivity contribution in [2.75, 3.05) is 37.4 Å². The van der Waals surface area contributed by atoms with E-state index in [0.717, 1.165) is 4.90 Å². The summed E-state index contributed by atoms with van der Waals surface area (Å²) in [5, 5.41) is 22.2. The Morgan fingerprint density at radius 3 is 2.39 bits per heavy atom. The highest BCUT2D eigenvalue weighted by Crippen LogP contribution is 2.51. The monoisotopic (exact) mass is 1290 g/mol. The average molecular weight is 1290 g/mol. The van der Waals surface area contributed by atoms with Crippen molar-refractivity contribution in [1.29, 1.82) is 0 Å². The molecule has 3 unspecified atom stereocenters. The van der Waals surface area contributed by atoms with Gasteiger partial charge in [-0.05, 0) is 72.7 Å². The van der Waals surface area contributed by atoms with Crippen molar-refractivity contribution in [3.63, 3.8) is 0 Å². The van der Waals surface area contributed by atoms with Gasteiger partial charge in [0, 0.05) is 73.6 Å². The largest absolute Gasteiger partial charge is 0.697 e. The van der Waals surface area contributed by atoms with Gasteiger partial charge in [-0.15, -0.1) is 9.05 Å². The van der Waals surface area contributed by atoms with Gasteiger partial charge in [-0.25, -0.2) is 19.7 Å². The van der Waals surface area contributed by atoms with Gasteiger partial charge in [0.2, 0.25) is 35.5 Å². The Morgan fingerprint density at radius 1 is 0.910 bits per heavy atom. The summed E-state index contributed by atoms with van der Waals surface area (Å²) in [7, 11) is -1.43. The van der Waals surface area contributed by atoms with E-state index in [9.17, 15) is 52.9 Å². The topological polar surface area (TPSA) is 386 Å². The molecule has 7 amide bonds. The molecule has 5 aromatic rings. The van der Waals surface area contributed by atoms with Gasteiger partial charge in [0.1, 0.15) is 49.9 Å². The maximum absolute atomic E-state index is 13.7. The molecule has 3 fully saturated rings. The number of nitrogens with zero attached hydrogens (tertiary/aromatic N) is 7. The number of imide groups is 1. The van der Waals surface area contributed by atoms with E-state index in [-0.39, 0.29) is 86.3 Å². The molecular weight excluding hydrogens is 1220 g/mol. The number of aliphatic hydroxyl groups is 1. The third-order valence-corrected chi connectivity index (χ3v) is 17.3. The summed E-state index contributed by atoms with van der Waals surface area (Å²) >= 11 is 5.36. The summed E-state index contributed by atoms with van der Waals surface area (Å²) in [6, 6.07) is 13.1. The summed E-state index contributed by atoms with van der Waals surface area (Å²) in [4.78, 5) is 136. The van der Waals surface area contributed by atoms with E-state index >= 15 is 0 Å². The summed E-state index contributed by atoms with van der Waals surface area (Å²) in [5.41, 5.74) is 1.05. The van der Waals surface area contributed by atoms with E-state index in [2.05, 4.69) is 46.2 Å². The van der Waals surface area contributed by atoms with Crippen LogP contribution in [-0.2, 0) is 92.3 Å². The summed E-state index contributed by atoms with van der Waals surface area (Å²) in [5.74, 6) is -3.49. The molecule has 7 N–H and O–H groups in total. The lowest BCUT2D eigenvalue weighted by Gasteiger charge is -2.25. The van der Waals surface area contributed by atoms with Crippen LogP contribution in [0.4, 0.5) is 16.4 Å². The number of aliphatic hydroxyl groups excluding tert-OH is 1. The van der Waals surface area contributed by atoms with Crippen LogP contribution in [0.3, 0.4) is 0 Å². The number of hydrogen-bond donors (Lipinski definition) is 7. The molecule has 3 aromatic heterocycles. The lowest BCUT2D eigenvalue weighted by molar-refractivity contribution is -0.137. The first kappa shape index (κ1) is 65.6. The lowest BCUT2D eigenvalue weighted by atomic mass is 10.0.